The van der Waals surface area contributed by atoms with Crippen LogP contribution < -0.4 is 4.74 Å². The Labute approximate surface area is 93.5 Å². The molecular formula is C14H22O. The van der Waals surface area contributed by atoms with Gasteiger partial charge in [-0.25, -0.2) is 0 Å². The van der Waals surface area contributed by atoms with Crippen molar-refractivity contribution in [3.05, 3.63) is 29.8 Å². The van der Waals surface area contributed by atoms with Gasteiger partial charge < -0.3 is 4.74 Å². The molecule has 0 aliphatic rings. The van der Waals surface area contributed by atoms with Crippen LogP contribution >= 0.6 is 0 Å². The normalized spacial score (nSPS) is 13.3. The maximum atomic E-state index is 5.61. The highest BCUT2D eigenvalue weighted by Gasteiger charge is 2.09. The first-order chi connectivity index (χ1) is 7.00. The Kier molecular flexibility index (Phi) is 4.19. The number of rotatable bonds is 4. The van der Waals surface area contributed by atoms with E-state index in [-0.39, 0.29) is 6.10 Å². The zero-order chi connectivity index (χ0) is 11.4. The Morgan fingerprint density at radius 1 is 0.867 bits per heavy atom. The fraction of sp³-hybridized carbons (Fsp3) is 0.571. The van der Waals surface area contributed by atoms with Gasteiger partial charge in [0.05, 0.1) is 6.10 Å². The summed E-state index contributed by atoms with van der Waals surface area (Å²) in [4.78, 5) is 0. The highest BCUT2D eigenvalue weighted by atomic mass is 16.5. The van der Waals surface area contributed by atoms with Crippen molar-refractivity contribution in [2.45, 2.75) is 46.6 Å². The van der Waals surface area contributed by atoms with E-state index in [0.29, 0.717) is 11.8 Å². The third kappa shape index (κ3) is 3.58. The van der Waals surface area contributed by atoms with Crippen LogP contribution in [0.5, 0.6) is 5.75 Å². The first-order valence-electron chi connectivity index (χ1n) is 5.77. The summed E-state index contributed by atoms with van der Waals surface area (Å²) in [6, 6.07) is 8.47. The minimum absolute atomic E-state index is 0.248. The SMILES string of the molecule is CC(C)Oc1ccc(C(C)C(C)C)cc1. The molecule has 84 valence electrons. The predicted molar refractivity (Wildman–Crippen MR) is 65.5 cm³/mol. The topological polar surface area (TPSA) is 9.23 Å². The third-order valence-corrected chi connectivity index (χ3v) is 2.78. The van der Waals surface area contributed by atoms with E-state index >= 15 is 0 Å². The molecule has 0 radical (unpaired) electrons. The lowest BCUT2D eigenvalue weighted by molar-refractivity contribution is 0.242. The van der Waals surface area contributed by atoms with Crippen LogP contribution in [0.4, 0.5) is 0 Å². The van der Waals surface area contributed by atoms with Crippen molar-refractivity contribution >= 4 is 0 Å². The summed E-state index contributed by atoms with van der Waals surface area (Å²) in [5, 5.41) is 0. The van der Waals surface area contributed by atoms with Crippen LogP contribution in [0.1, 0.15) is 46.1 Å². The number of hydrogen-bond acceptors (Lipinski definition) is 1. The minimum atomic E-state index is 0.248. The van der Waals surface area contributed by atoms with Crippen molar-refractivity contribution in [3.8, 4) is 5.75 Å². The molecule has 1 nitrogen and oxygen atoms in total. The molecule has 1 atom stereocenters. The zero-order valence-corrected chi connectivity index (χ0v) is 10.4. The molecule has 0 aromatic heterocycles. The van der Waals surface area contributed by atoms with Gasteiger partial charge in [-0.1, -0.05) is 32.9 Å². The van der Waals surface area contributed by atoms with Gasteiger partial charge in [-0.05, 0) is 43.4 Å². The van der Waals surface area contributed by atoms with Gasteiger partial charge in [0.1, 0.15) is 5.75 Å². The Morgan fingerprint density at radius 2 is 1.40 bits per heavy atom. The van der Waals surface area contributed by atoms with Gasteiger partial charge >= 0.3 is 0 Å². The quantitative estimate of drug-likeness (QED) is 0.716. The van der Waals surface area contributed by atoms with E-state index < -0.39 is 0 Å². The average molecular weight is 206 g/mol. The Balaban J connectivity index is 2.72. The monoisotopic (exact) mass is 206 g/mol. The van der Waals surface area contributed by atoms with E-state index in [4.69, 9.17) is 4.74 Å². The molecule has 0 aliphatic carbocycles. The Morgan fingerprint density at radius 3 is 1.80 bits per heavy atom. The maximum Gasteiger partial charge on any atom is 0.119 e. The molecule has 0 heterocycles. The Hall–Kier alpha value is -0.980. The first kappa shape index (κ1) is 12.1. The molecule has 15 heavy (non-hydrogen) atoms. The van der Waals surface area contributed by atoms with Crippen molar-refractivity contribution in [1.29, 1.82) is 0 Å². The van der Waals surface area contributed by atoms with E-state index in [9.17, 15) is 0 Å². The summed E-state index contributed by atoms with van der Waals surface area (Å²) in [7, 11) is 0. The second-order valence-corrected chi connectivity index (χ2v) is 4.77. The highest BCUT2D eigenvalue weighted by Crippen LogP contribution is 2.25. The lowest BCUT2D eigenvalue weighted by Crippen LogP contribution is -2.06. The molecular weight excluding hydrogens is 184 g/mol. The average Bonchev–Trinajstić information content (AvgIpc) is 2.17. The second-order valence-electron chi connectivity index (χ2n) is 4.77. The minimum Gasteiger partial charge on any atom is -0.491 e. The second kappa shape index (κ2) is 5.20. The molecule has 0 saturated heterocycles. The van der Waals surface area contributed by atoms with E-state index in [0.717, 1.165) is 5.75 Å². The standard InChI is InChI=1S/C14H22O/c1-10(2)12(5)13-6-8-14(9-7-13)15-11(3)4/h6-12H,1-5H3. The largest absolute Gasteiger partial charge is 0.491 e. The molecule has 0 spiro atoms. The lowest BCUT2D eigenvalue weighted by Gasteiger charge is -2.17. The van der Waals surface area contributed by atoms with Crippen LogP contribution in [0, 0.1) is 5.92 Å². The zero-order valence-electron chi connectivity index (χ0n) is 10.4. The summed E-state index contributed by atoms with van der Waals surface area (Å²) in [5.41, 5.74) is 1.39. The van der Waals surface area contributed by atoms with Gasteiger partial charge in [-0.15, -0.1) is 0 Å². The summed E-state index contributed by atoms with van der Waals surface area (Å²) in [6.45, 7) is 10.9. The lowest BCUT2D eigenvalue weighted by atomic mass is 9.90. The summed E-state index contributed by atoms with van der Waals surface area (Å²) in [6.07, 6.45) is 0.248. The molecule has 0 amide bonds. The van der Waals surface area contributed by atoms with Crippen molar-refractivity contribution in [2.75, 3.05) is 0 Å². The number of hydrogen-bond donors (Lipinski definition) is 0. The van der Waals surface area contributed by atoms with Crippen LogP contribution in [0.25, 0.3) is 0 Å². The highest BCUT2D eigenvalue weighted by molar-refractivity contribution is 5.29. The molecule has 0 bridgehead atoms. The van der Waals surface area contributed by atoms with Gasteiger partial charge in [0.15, 0.2) is 0 Å². The molecule has 0 saturated carbocycles. The van der Waals surface area contributed by atoms with Crippen LogP contribution in [-0.2, 0) is 0 Å². The van der Waals surface area contributed by atoms with E-state index in [2.05, 4.69) is 45.0 Å². The van der Waals surface area contributed by atoms with E-state index in [1.807, 2.05) is 13.8 Å². The van der Waals surface area contributed by atoms with Crippen molar-refractivity contribution in [2.24, 2.45) is 5.92 Å². The first-order valence-corrected chi connectivity index (χ1v) is 5.77. The third-order valence-electron chi connectivity index (χ3n) is 2.78. The fourth-order valence-electron chi connectivity index (χ4n) is 1.51. The molecule has 1 rings (SSSR count). The fourth-order valence-corrected chi connectivity index (χ4v) is 1.51. The molecule has 0 aliphatic heterocycles. The van der Waals surface area contributed by atoms with Crippen molar-refractivity contribution in [1.82, 2.24) is 0 Å². The van der Waals surface area contributed by atoms with Crippen LogP contribution in [0.3, 0.4) is 0 Å². The van der Waals surface area contributed by atoms with Crippen molar-refractivity contribution in [3.63, 3.8) is 0 Å². The summed E-state index contributed by atoms with van der Waals surface area (Å²) in [5.74, 6) is 2.25. The molecule has 0 N–H and O–H groups in total. The molecule has 1 aromatic carbocycles. The smallest absolute Gasteiger partial charge is 0.119 e. The van der Waals surface area contributed by atoms with Gasteiger partial charge in [0.2, 0.25) is 0 Å². The van der Waals surface area contributed by atoms with Gasteiger partial charge in [0.25, 0.3) is 0 Å². The summed E-state index contributed by atoms with van der Waals surface area (Å²) < 4.78 is 5.61. The van der Waals surface area contributed by atoms with Gasteiger partial charge in [-0.2, -0.15) is 0 Å². The van der Waals surface area contributed by atoms with E-state index in [1.54, 1.807) is 0 Å². The predicted octanol–water partition coefficient (Wildman–Crippen LogP) is 4.23. The van der Waals surface area contributed by atoms with Crippen LogP contribution in [-0.4, -0.2) is 6.10 Å². The molecule has 1 heteroatoms. The van der Waals surface area contributed by atoms with E-state index in [1.165, 1.54) is 5.56 Å². The van der Waals surface area contributed by atoms with Gasteiger partial charge in [0, 0.05) is 0 Å². The van der Waals surface area contributed by atoms with Crippen molar-refractivity contribution < 1.29 is 4.74 Å². The molecule has 1 unspecified atom stereocenters. The van der Waals surface area contributed by atoms with Crippen LogP contribution in [0.2, 0.25) is 0 Å². The van der Waals surface area contributed by atoms with Crippen LogP contribution in [0.15, 0.2) is 24.3 Å². The number of benzene rings is 1. The molecule has 0 fully saturated rings. The Bertz CT molecular complexity index is 285. The number of ether oxygens (including phenoxy) is 1. The summed E-state index contributed by atoms with van der Waals surface area (Å²) >= 11 is 0. The maximum absolute atomic E-state index is 5.61. The molecule has 1 aromatic rings. The van der Waals surface area contributed by atoms with Gasteiger partial charge in [-0.3, -0.25) is 0 Å².